The van der Waals surface area contributed by atoms with Crippen LogP contribution in [0.2, 0.25) is 0 Å². The highest BCUT2D eigenvalue weighted by atomic mass is 32.1. The first kappa shape index (κ1) is 12.8. The molecule has 96 valence electrons. The minimum absolute atomic E-state index is 0.436. The second-order valence-corrected chi connectivity index (χ2v) is 6.43. The monoisotopic (exact) mass is 253 g/mol. The Labute approximate surface area is 108 Å². The van der Waals surface area contributed by atoms with E-state index in [1.165, 1.54) is 23.7 Å². The van der Waals surface area contributed by atoms with E-state index in [4.69, 9.17) is 4.98 Å². The smallest absolute Gasteiger partial charge is 0.185 e. The summed E-state index contributed by atoms with van der Waals surface area (Å²) in [6.45, 7) is 11.0. The number of hydrogen-bond donors (Lipinski definition) is 1. The van der Waals surface area contributed by atoms with Gasteiger partial charge in [-0.2, -0.15) is 0 Å². The number of piperidine rings is 1. The topological polar surface area (TPSA) is 28.2 Å². The maximum absolute atomic E-state index is 4.72. The normalized spacial score (nSPS) is 19.6. The first-order valence-corrected chi connectivity index (χ1v) is 7.39. The van der Waals surface area contributed by atoms with Crippen molar-refractivity contribution < 1.29 is 0 Å². The van der Waals surface area contributed by atoms with Crippen molar-refractivity contribution in [3.8, 4) is 0 Å². The van der Waals surface area contributed by atoms with Crippen LogP contribution in [0.5, 0.6) is 0 Å². The van der Waals surface area contributed by atoms with Crippen LogP contribution >= 0.6 is 11.3 Å². The quantitative estimate of drug-likeness (QED) is 0.894. The molecule has 0 amide bonds. The zero-order valence-electron chi connectivity index (χ0n) is 11.1. The molecule has 1 fully saturated rings. The van der Waals surface area contributed by atoms with Gasteiger partial charge in [0.2, 0.25) is 0 Å². The van der Waals surface area contributed by atoms with E-state index in [1.807, 2.05) is 0 Å². The molecule has 17 heavy (non-hydrogen) atoms. The van der Waals surface area contributed by atoms with E-state index in [9.17, 15) is 0 Å². The Morgan fingerprint density at radius 3 is 3.06 bits per heavy atom. The van der Waals surface area contributed by atoms with Crippen molar-refractivity contribution in [3.63, 3.8) is 0 Å². The van der Waals surface area contributed by atoms with Gasteiger partial charge in [-0.05, 0) is 24.8 Å². The van der Waals surface area contributed by atoms with Gasteiger partial charge < -0.3 is 10.2 Å². The molecule has 0 saturated carbocycles. The zero-order chi connectivity index (χ0) is 12.3. The van der Waals surface area contributed by atoms with Gasteiger partial charge in [0.25, 0.3) is 0 Å². The molecule has 1 aliphatic rings. The summed E-state index contributed by atoms with van der Waals surface area (Å²) in [6, 6.07) is 0. The molecule has 2 heterocycles. The van der Waals surface area contributed by atoms with Crippen LogP contribution in [0.4, 0.5) is 5.13 Å². The minimum atomic E-state index is 0.436. The number of thiazole rings is 1. The van der Waals surface area contributed by atoms with Crippen LogP contribution in [-0.4, -0.2) is 24.6 Å². The minimum Gasteiger partial charge on any atom is -0.348 e. The Balaban J connectivity index is 1.99. The lowest BCUT2D eigenvalue weighted by atomic mass is 9.84. The second-order valence-electron chi connectivity index (χ2n) is 5.59. The van der Waals surface area contributed by atoms with Gasteiger partial charge in [0.1, 0.15) is 0 Å². The molecule has 0 aliphatic carbocycles. The maximum Gasteiger partial charge on any atom is 0.185 e. The molecule has 0 bridgehead atoms. The summed E-state index contributed by atoms with van der Waals surface area (Å²) in [5, 5.41) is 6.70. The van der Waals surface area contributed by atoms with E-state index >= 15 is 0 Å². The highest BCUT2D eigenvalue weighted by Gasteiger charge is 2.27. The van der Waals surface area contributed by atoms with Gasteiger partial charge in [-0.1, -0.05) is 20.8 Å². The van der Waals surface area contributed by atoms with Crippen molar-refractivity contribution in [2.45, 2.75) is 40.2 Å². The molecule has 0 spiro atoms. The molecule has 1 saturated heterocycles. The number of hydrogen-bond acceptors (Lipinski definition) is 4. The lowest BCUT2D eigenvalue weighted by Crippen LogP contribution is -2.40. The number of anilines is 1. The molecule has 1 aliphatic heterocycles. The third-order valence-electron chi connectivity index (χ3n) is 3.27. The number of nitrogens with one attached hydrogen (secondary N) is 1. The summed E-state index contributed by atoms with van der Waals surface area (Å²) in [6.07, 6.45) is 2.62. The van der Waals surface area contributed by atoms with E-state index in [2.05, 4.69) is 36.4 Å². The number of nitrogens with zero attached hydrogens (tertiary/aromatic N) is 2. The third kappa shape index (κ3) is 3.42. The fourth-order valence-corrected chi connectivity index (χ4v) is 3.21. The summed E-state index contributed by atoms with van der Waals surface area (Å²) in [4.78, 5) is 7.17. The lowest BCUT2D eigenvalue weighted by Gasteiger charge is -2.37. The summed E-state index contributed by atoms with van der Waals surface area (Å²) in [5.74, 6) is 0. The molecule has 0 atom stereocenters. The fraction of sp³-hybridized carbons (Fsp3) is 0.769. The van der Waals surface area contributed by atoms with E-state index in [0.29, 0.717) is 5.41 Å². The van der Waals surface area contributed by atoms with Crippen molar-refractivity contribution in [3.05, 3.63) is 11.1 Å². The molecule has 1 aromatic heterocycles. The summed E-state index contributed by atoms with van der Waals surface area (Å²) >= 11 is 1.78. The number of rotatable bonds is 4. The molecule has 0 aromatic carbocycles. The van der Waals surface area contributed by atoms with Crippen LogP contribution in [0, 0.1) is 5.41 Å². The maximum atomic E-state index is 4.72. The Bertz CT molecular complexity index is 359. The standard InChI is InChI=1S/C13H23N3S/c1-4-14-8-11-9-17-12(15-11)16-7-5-6-13(2,3)10-16/h9,14H,4-8,10H2,1-3H3. The van der Waals surface area contributed by atoms with E-state index in [-0.39, 0.29) is 0 Å². The second kappa shape index (κ2) is 5.36. The van der Waals surface area contributed by atoms with Crippen LogP contribution in [0.1, 0.15) is 39.3 Å². The molecule has 3 nitrogen and oxygen atoms in total. The largest absolute Gasteiger partial charge is 0.348 e. The van der Waals surface area contributed by atoms with E-state index < -0.39 is 0 Å². The zero-order valence-corrected chi connectivity index (χ0v) is 11.9. The van der Waals surface area contributed by atoms with Crippen LogP contribution in [0.25, 0.3) is 0 Å². The van der Waals surface area contributed by atoms with Crippen LogP contribution < -0.4 is 10.2 Å². The lowest BCUT2D eigenvalue weighted by molar-refractivity contribution is 0.293. The first-order chi connectivity index (χ1) is 8.11. The molecule has 2 rings (SSSR count). The molecule has 0 unspecified atom stereocenters. The molecule has 4 heteroatoms. The van der Waals surface area contributed by atoms with Gasteiger partial charge in [-0.25, -0.2) is 4.98 Å². The van der Waals surface area contributed by atoms with Crippen molar-refractivity contribution in [1.82, 2.24) is 10.3 Å². The molecular weight excluding hydrogens is 230 g/mol. The molecular formula is C13H23N3S. The summed E-state index contributed by atoms with van der Waals surface area (Å²) in [7, 11) is 0. The first-order valence-electron chi connectivity index (χ1n) is 6.51. The van der Waals surface area contributed by atoms with Crippen molar-refractivity contribution in [2.75, 3.05) is 24.5 Å². The van der Waals surface area contributed by atoms with Crippen LogP contribution in [0.3, 0.4) is 0 Å². The highest BCUT2D eigenvalue weighted by Crippen LogP contribution is 2.32. The Kier molecular flexibility index (Phi) is 4.05. The Morgan fingerprint density at radius 2 is 2.35 bits per heavy atom. The van der Waals surface area contributed by atoms with E-state index in [0.717, 1.165) is 26.2 Å². The Hall–Kier alpha value is -0.610. The van der Waals surface area contributed by atoms with Crippen molar-refractivity contribution >= 4 is 16.5 Å². The van der Waals surface area contributed by atoms with Gasteiger partial charge in [0.05, 0.1) is 5.69 Å². The van der Waals surface area contributed by atoms with Gasteiger partial charge in [0, 0.05) is 25.0 Å². The Morgan fingerprint density at radius 1 is 1.53 bits per heavy atom. The average molecular weight is 253 g/mol. The predicted molar refractivity (Wildman–Crippen MR) is 74.7 cm³/mol. The van der Waals surface area contributed by atoms with Gasteiger partial charge >= 0.3 is 0 Å². The molecule has 1 aromatic rings. The average Bonchev–Trinajstić information content (AvgIpc) is 2.73. The van der Waals surface area contributed by atoms with Gasteiger partial charge in [0.15, 0.2) is 5.13 Å². The van der Waals surface area contributed by atoms with Gasteiger partial charge in [-0.15, -0.1) is 11.3 Å². The van der Waals surface area contributed by atoms with Crippen LogP contribution in [0.15, 0.2) is 5.38 Å². The highest BCUT2D eigenvalue weighted by molar-refractivity contribution is 7.13. The SMILES string of the molecule is CCNCc1csc(N2CCCC(C)(C)C2)n1. The fourth-order valence-electron chi connectivity index (χ4n) is 2.36. The predicted octanol–water partition coefficient (Wildman–Crippen LogP) is 2.88. The summed E-state index contributed by atoms with van der Waals surface area (Å²) < 4.78 is 0. The molecule has 1 N–H and O–H groups in total. The van der Waals surface area contributed by atoms with Gasteiger partial charge in [-0.3, -0.25) is 0 Å². The van der Waals surface area contributed by atoms with Crippen LogP contribution in [-0.2, 0) is 6.54 Å². The molecule has 0 radical (unpaired) electrons. The third-order valence-corrected chi connectivity index (χ3v) is 4.22. The van der Waals surface area contributed by atoms with E-state index in [1.54, 1.807) is 11.3 Å². The summed E-state index contributed by atoms with van der Waals surface area (Å²) in [5.41, 5.74) is 1.61. The van der Waals surface area contributed by atoms with Crippen molar-refractivity contribution in [2.24, 2.45) is 5.41 Å². The van der Waals surface area contributed by atoms with Crippen molar-refractivity contribution in [1.29, 1.82) is 0 Å². The number of aromatic nitrogens is 1.